The normalized spacial score (nSPS) is 25.1. The molecule has 0 radical (unpaired) electrons. The van der Waals surface area contributed by atoms with Crippen LogP contribution in [0.2, 0.25) is 0 Å². The summed E-state index contributed by atoms with van der Waals surface area (Å²) < 4.78 is 4.15. The SMILES string of the molecule is COC(=O)[C@@H]1NC=CC(=O)SC1(C)C. The standard InChI is InChI=1S/C9H13NO3S/c1-9(2)7(8(12)13-3)10-5-4-6(11)14-9/h4-5,7,10H,1-3H3/t7-/m0/s1. The van der Waals surface area contributed by atoms with Crippen LogP contribution in [-0.4, -0.2) is 29.0 Å². The second kappa shape index (κ2) is 4.04. The first-order valence-electron chi connectivity index (χ1n) is 4.21. The molecule has 1 heterocycles. The summed E-state index contributed by atoms with van der Waals surface area (Å²) in [6, 6.07) is -0.500. The van der Waals surface area contributed by atoms with Gasteiger partial charge in [-0.1, -0.05) is 11.8 Å². The van der Waals surface area contributed by atoms with Crippen molar-refractivity contribution < 1.29 is 14.3 Å². The highest BCUT2D eigenvalue weighted by Crippen LogP contribution is 2.31. The first-order chi connectivity index (χ1) is 6.47. The van der Waals surface area contributed by atoms with Crippen molar-refractivity contribution in [2.45, 2.75) is 24.6 Å². The van der Waals surface area contributed by atoms with Gasteiger partial charge >= 0.3 is 5.97 Å². The lowest BCUT2D eigenvalue weighted by Gasteiger charge is -2.29. The van der Waals surface area contributed by atoms with E-state index in [0.29, 0.717) is 0 Å². The number of nitrogens with one attached hydrogen (secondary N) is 1. The molecule has 14 heavy (non-hydrogen) atoms. The molecule has 0 bridgehead atoms. The Morgan fingerprint density at radius 3 is 2.86 bits per heavy atom. The number of ether oxygens (including phenoxy) is 1. The van der Waals surface area contributed by atoms with Crippen molar-refractivity contribution in [3.05, 3.63) is 12.3 Å². The van der Waals surface area contributed by atoms with Crippen molar-refractivity contribution in [1.29, 1.82) is 0 Å². The lowest BCUT2D eigenvalue weighted by molar-refractivity contribution is -0.143. The van der Waals surface area contributed by atoms with Crippen LogP contribution in [0.25, 0.3) is 0 Å². The van der Waals surface area contributed by atoms with E-state index in [1.165, 1.54) is 19.4 Å². The van der Waals surface area contributed by atoms with Gasteiger partial charge in [-0.3, -0.25) is 4.79 Å². The molecule has 1 aliphatic rings. The summed E-state index contributed by atoms with van der Waals surface area (Å²) in [6.45, 7) is 3.66. The predicted molar refractivity (Wildman–Crippen MR) is 54.8 cm³/mol. The molecule has 0 saturated heterocycles. The van der Waals surface area contributed by atoms with Gasteiger partial charge < -0.3 is 10.1 Å². The van der Waals surface area contributed by atoms with Gasteiger partial charge in [0, 0.05) is 17.0 Å². The van der Waals surface area contributed by atoms with Crippen molar-refractivity contribution in [2.75, 3.05) is 7.11 Å². The van der Waals surface area contributed by atoms with Crippen LogP contribution in [0.3, 0.4) is 0 Å². The van der Waals surface area contributed by atoms with Gasteiger partial charge in [-0.2, -0.15) is 0 Å². The average Bonchev–Trinajstić information content (AvgIpc) is 2.21. The molecule has 78 valence electrons. The molecule has 0 aromatic heterocycles. The molecular weight excluding hydrogens is 202 g/mol. The quantitative estimate of drug-likeness (QED) is 0.652. The molecule has 0 spiro atoms. The Labute approximate surface area is 87.1 Å². The average molecular weight is 215 g/mol. The highest BCUT2D eigenvalue weighted by atomic mass is 32.2. The number of hydrogen-bond acceptors (Lipinski definition) is 5. The van der Waals surface area contributed by atoms with Gasteiger partial charge in [0.05, 0.1) is 7.11 Å². The number of rotatable bonds is 1. The van der Waals surface area contributed by atoms with Crippen LogP contribution in [0.5, 0.6) is 0 Å². The topological polar surface area (TPSA) is 55.4 Å². The number of esters is 1. The first kappa shape index (κ1) is 11.1. The molecule has 0 unspecified atom stereocenters. The maximum absolute atomic E-state index is 11.4. The summed E-state index contributed by atoms with van der Waals surface area (Å²) in [5, 5.41) is 2.80. The molecule has 0 saturated carbocycles. The van der Waals surface area contributed by atoms with Crippen LogP contribution in [0.1, 0.15) is 13.8 Å². The lowest BCUT2D eigenvalue weighted by atomic mass is 10.0. The largest absolute Gasteiger partial charge is 0.467 e. The molecule has 1 rings (SSSR count). The van der Waals surface area contributed by atoms with Crippen LogP contribution < -0.4 is 5.32 Å². The minimum absolute atomic E-state index is 0.0612. The Hall–Kier alpha value is -0.970. The fourth-order valence-corrected chi connectivity index (χ4v) is 2.17. The first-order valence-corrected chi connectivity index (χ1v) is 5.02. The van der Waals surface area contributed by atoms with Crippen molar-refractivity contribution in [2.24, 2.45) is 0 Å². The minimum Gasteiger partial charge on any atom is -0.467 e. The van der Waals surface area contributed by atoms with E-state index in [1.54, 1.807) is 0 Å². The summed E-state index contributed by atoms with van der Waals surface area (Å²) in [5.74, 6) is -0.359. The Morgan fingerprint density at radius 1 is 1.64 bits per heavy atom. The van der Waals surface area contributed by atoms with E-state index >= 15 is 0 Å². The van der Waals surface area contributed by atoms with Crippen molar-refractivity contribution in [3.63, 3.8) is 0 Å². The number of thioether (sulfide) groups is 1. The van der Waals surface area contributed by atoms with Gasteiger partial charge in [-0.05, 0) is 13.8 Å². The predicted octanol–water partition coefficient (Wildman–Crippen LogP) is 0.683. The van der Waals surface area contributed by atoms with E-state index in [9.17, 15) is 9.59 Å². The third kappa shape index (κ3) is 2.29. The Bertz CT molecular complexity index is 286. The summed E-state index contributed by atoms with van der Waals surface area (Å²) in [7, 11) is 1.33. The summed E-state index contributed by atoms with van der Waals surface area (Å²) >= 11 is 1.13. The maximum atomic E-state index is 11.4. The Kier molecular flexibility index (Phi) is 3.21. The van der Waals surface area contributed by atoms with E-state index in [-0.39, 0.29) is 11.1 Å². The second-order valence-electron chi connectivity index (χ2n) is 3.48. The molecule has 0 aromatic rings. The van der Waals surface area contributed by atoms with Crippen LogP contribution >= 0.6 is 11.8 Å². The smallest absolute Gasteiger partial charge is 0.329 e. The fraction of sp³-hybridized carbons (Fsp3) is 0.556. The van der Waals surface area contributed by atoms with Gasteiger partial charge in [-0.15, -0.1) is 0 Å². The minimum atomic E-state index is -0.506. The van der Waals surface area contributed by atoms with E-state index in [0.717, 1.165) is 11.8 Å². The van der Waals surface area contributed by atoms with Crippen LogP contribution in [0, 0.1) is 0 Å². The third-order valence-electron chi connectivity index (χ3n) is 1.98. The molecule has 0 aliphatic carbocycles. The van der Waals surface area contributed by atoms with Crippen LogP contribution in [-0.2, 0) is 14.3 Å². The zero-order valence-electron chi connectivity index (χ0n) is 8.37. The van der Waals surface area contributed by atoms with E-state index in [4.69, 9.17) is 0 Å². The molecule has 1 atom stereocenters. The number of hydrogen-bond donors (Lipinski definition) is 1. The van der Waals surface area contributed by atoms with Gasteiger partial charge in [0.2, 0.25) is 5.12 Å². The third-order valence-corrected chi connectivity index (χ3v) is 3.08. The molecule has 5 heteroatoms. The van der Waals surface area contributed by atoms with Crippen LogP contribution in [0.15, 0.2) is 12.3 Å². The zero-order chi connectivity index (χ0) is 10.8. The number of carbonyl (C=O) groups excluding carboxylic acids is 2. The zero-order valence-corrected chi connectivity index (χ0v) is 9.18. The molecule has 1 aliphatic heterocycles. The number of carbonyl (C=O) groups is 2. The lowest BCUT2D eigenvalue weighted by Crippen LogP contribution is -2.48. The van der Waals surface area contributed by atoms with E-state index in [1.807, 2.05) is 13.8 Å². The second-order valence-corrected chi connectivity index (χ2v) is 5.14. The van der Waals surface area contributed by atoms with Gasteiger partial charge in [0.15, 0.2) is 0 Å². The Morgan fingerprint density at radius 2 is 2.29 bits per heavy atom. The van der Waals surface area contributed by atoms with E-state index in [2.05, 4.69) is 10.1 Å². The van der Waals surface area contributed by atoms with Gasteiger partial charge in [0.1, 0.15) is 6.04 Å². The van der Waals surface area contributed by atoms with Crippen LogP contribution in [0.4, 0.5) is 0 Å². The molecule has 1 N–H and O–H groups in total. The molecule has 0 aromatic carbocycles. The summed E-state index contributed by atoms with van der Waals surface area (Å²) in [6.07, 6.45) is 2.90. The number of methoxy groups -OCH3 is 1. The molecule has 4 nitrogen and oxygen atoms in total. The van der Waals surface area contributed by atoms with Crippen molar-refractivity contribution in [3.8, 4) is 0 Å². The van der Waals surface area contributed by atoms with Crippen molar-refractivity contribution in [1.82, 2.24) is 5.32 Å². The fourth-order valence-electron chi connectivity index (χ4n) is 1.23. The molecule has 0 fully saturated rings. The highest BCUT2D eigenvalue weighted by molar-refractivity contribution is 8.15. The Balaban J connectivity index is 2.88. The molecule has 0 amide bonds. The van der Waals surface area contributed by atoms with E-state index < -0.39 is 10.8 Å². The highest BCUT2D eigenvalue weighted by Gasteiger charge is 2.38. The molecular formula is C9H13NO3S. The van der Waals surface area contributed by atoms with Gasteiger partial charge in [-0.25, -0.2) is 4.79 Å². The van der Waals surface area contributed by atoms with Gasteiger partial charge in [0.25, 0.3) is 0 Å². The summed E-state index contributed by atoms with van der Waals surface area (Å²) in [4.78, 5) is 22.6. The summed E-state index contributed by atoms with van der Waals surface area (Å²) in [5.41, 5.74) is 0. The monoisotopic (exact) mass is 215 g/mol. The van der Waals surface area contributed by atoms with Crippen molar-refractivity contribution >= 4 is 22.8 Å². The maximum Gasteiger partial charge on any atom is 0.329 e.